The van der Waals surface area contributed by atoms with Crippen LogP contribution in [-0.2, 0) is 11.3 Å². The second-order valence-electron chi connectivity index (χ2n) is 10.1. The summed E-state index contributed by atoms with van der Waals surface area (Å²) in [6.45, 7) is 6.73. The normalized spacial score (nSPS) is 11.5. The minimum absolute atomic E-state index is 0.0908. The molecule has 7 nitrogen and oxygen atoms in total. The number of rotatable bonds is 11. The fraction of sp³-hybridized carbons (Fsp3) is 0.139. The van der Waals surface area contributed by atoms with Gasteiger partial charge in [-0.15, -0.1) is 0 Å². The lowest BCUT2D eigenvalue weighted by molar-refractivity contribution is -0.117. The van der Waals surface area contributed by atoms with Crippen molar-refractivity contribution in [3.8, 4) is 0 Å². The standard InChI is InChI=1S/C36H35N5O2/c1-3-40(4-2)31-21-19-27(20-22-31)23-33(38-35(42)29-15-9-6-10-16-29)36(43)39-37-24-30-26-41(25-28-13-7-5-8-14-28)34-18-12-11-17-32(30)34/h5-24,26H,3-4,25H2,1-2H3,(H,38,42)(H,39,43)/b33-23+,37-24-. The van der Waals surface area contributed by atoms with Crippen LogP contribution in [0.4, 0.5) is 5.69 Å². The maximum Gasteiger partial charge on any atom is 0.287 e. The third-order valence-electron chi connectivity index (χ3n) is 7.25. The van der Waals surface area contributed by atoms with Crippen molar-refractivity contribution in [2.75, 3.05) is 18.0 Å². The molecule has 0 spiro atoms. The number of nitrogens with zero attached hydrogens (tertiary/aromatic N) is 3. The average molecular weight is 570 g/mol. The molecule has 2 amide bonds. The molecule has 4 aromatic carbocycles. The number of nitrogens with one attached hydrogen (secondary N) is 2. The summed E-state index contributed by atoms with van der Waals surface area (Å²) in [7, 11) is 0. The van der Waals surface area contributed by atoms with Crippen LogP contribution in [0.25, 0.3) is 17.0 Å². The molecule has 5 rings (SSSR count). The molecule has 5 aromatic rings. The van der Waals surface area contributed by atoms with Crippen molar-refractivity contribution < 1.29 is 9.59 Å². The first kappa shape index (κ1) is 29.1. The van der Waals surface area contributed by atoms with Crippen molar-refractivity contribution in [1.82, 2.24) is 15.3 Å². The predicted octanol–water partition coefficient (Wildman–Crippen LogP) is 6.46. The number of fused-ring (bicyclic) bond motifs is 1. The second-order valence-corrected chi connectivity index (χ2v) is 10.1. The van der Waals surface area contributed by atoms with E-state index in [2.05, 4.69) is 57.4 Å². The highest BCUT2D eigenvalue weighted by atomic mass is 16.2. The molecule has 1 aromatic heterocycles. The van der Waals surface area contributed by atoms with E-state index >= 15 is 0 Å². The Bertz CT molecular complexity index is 1740. The number of carbonyl (C=O) groups is 2. The van der Waals surface area contributed by atoms with Gasteiger partial charge in [-0.1, -0.05) is 78.9 Å². The molecule has 0 aliphatic heterocycles. The zero-order valence-electron chi connectivity index (χ0n) is 24.4. The average Bonchev–Trinajstić information content (AvgIpc) is 3.39. The molecule has 0 radical (unpaired) electrons. The summed E-state index contributed by atoms with van der Waals surface area (Å²) in [5.74, 6) is -0.906. The van der Waals surface area contributed by atoms with Gasteiger partial charge in [0, 0.05) is 53.5 Å². The molecule has 216 valence electrons. The van der Waals surface area contributed by atoms with Crippen LogP contribution < -0.4 is 15.6 Å². The highest BCUT2D eigenvalue weighted by Crippen LogP contribution is 2.21. The van der Waals surface area contributed by atoms with Crippen LogP contribution >= 0.6 is 0 Å². The summed E-state index contributed by atoms with van der Waals surface area (Å²) in [5.41, 5.74) is 8.16. The van der Waals surface area contributed by atoms with Crippen LogP contribution in [0, 0.1) is 0 Å². The Morgan fingerprint density at radius 1 is 0.814 bits per heavy atom. The third kappa shape index (κ3) is 7.26. The fourth-order valence-corrected chi connectivity index (χ4v) is 4.99. The maximum atomic E-state index is 13.4. The lowest BCUT2D eigenvalue weighted by Crippen LogP contribution is -2.32. The van der Waals surface area contributed by atoms with Gasteiger partial charge < -0.3 is 14.8 Å². The molecule has 0 aliphatic carbocycles. The van der Waals surface area contributed by atoms with E-state index in [4.69, 9.17) is 0 Å². The topological polar surface area (TPSA) is 78.7 Å². The van der Waals surface area contributed by atoms with E-state index in [-0.39, 0.29) is 11.6 Å². The van der Waals surface area contributed by atoms with E-state index in [9.17, 15) is 9.59 Å². The molecule has 0 atom stereocenters. The minimum Gasteiger partial charge on any atom is -0.372 e. The third-order valence-corrected chi connectivity index (χ3v) is 7.25. The fourth-order valence-electron chi connectivity index (χ4n) is 4.99. The van der Waals surface area contributed by atoms with Crippen molar-refractivity contribution in [2.24, 2.45) is 5.10 Å². The Morgan fingerprint density at radius 2 is 1.47 bits per heavy atom. The van der Waals surface area contributed by atoms with Gasteiger partial charge in [0.15, 0.2) is 0 Å². The molecule has 0 saturated carbocycles. The van der Waals surface area contributed by atoms with Crippen molar-refractivity contribution in [3.05, 3.63) is 143 Å². The first-order valence-electron chi connectivity index (χ1n) is 14.4. The molecular weight excluding hydrogens is 534 g/mol. The predicted molar refractivity (Wildman–Crippen MR) is 175 cm³/mol. The second kappa shape index (κ2) is 14.0. The first-order chi connectivity index (χ1) is 21.1. The number of para-hydroxylation sites is 1. The van der Waals surface area contributed by atoms with E-state index in [1.54, 1.807) is 36.6 Å². The summed E-state index contributed by atoms with van der Waals surface area (Å²) >= 11 is 0. The first-order valence-corrected chi connectivity index (χ1v) is 14.4. The molecule has 43 heavy (non-hydrogen) atoms. The van der Waals surface area contributed by atoms with Crippen LogP contribution in [0.1, 0.15) is 40.9 Å². The van der Waals surface area contributed by atoms with Crippen molar-refractivity contribution in [3.63, 3.8) is 0 Å². The number of hydrazone groups is 1. The van der Waals surface area contributed by atoms with E-state index in [1.165, 1.54) is 5.56 Å². The molecular formula is C36H35N5O2. The quantitative estimate of drug-likeness (QED) is 0.109. The largest absolute Gasteiger partial charge is 0.372 e. The monoisotopic (exact) mass is 569 g/mol. The molecule has 7 heteroatoms. The number of carbonyl (C=O) groups excluding carboxylic acids is 2. The van der Waals surface area contributed by atoms with E-state index in [1.807, 2.05) is 72.9 Å². The van der Waals surface area contributed by atoms with Crippen LogP contribution in [-0.4, -0.2) is 35.7 Å². The van der Waals surface area contributed by atoms with Gasteiger partial charge in [0.1, 0.15) is 5.70 Å². The number of amides is 2. The van der Waals surface area contributed by atoms with Gasteiger partial charge in [0.2, 0.25) is 0 Å². The summed E-state index contributed by atoms with van der Waals surface area (Å²) in [5, 5.41) is 8.08. The lowest BCUT2D eigenvalue weighted by Gasteiger charge is -2.20. The van der Waals surface area contributed by atoms with Crippen LogP contribution in [0.3, 0.4) is 0 Å². The number of anilines is 1. The van der Waals surface area contributed by atoms with Gasteiger partial charge in [-0.2, -0.15) is 5.10 Å². The minimum atomic E-state index is -0.527. The highest BCUT2D eigenvalue weighted by Gasteiger charge is 2.15. The molecule has 2 N–H and O–H groups in total. The van der Waals surface area contributed by atoms with Crippen molar-refractivity contribution >= 4 is 40.7 Å². The summed E-state index contributed by atoms with van der Waals surface area (Å²) < 4.78 is 2.17. The highest BCUT2D eigenvalue weighted by molar-refractivity contribution is 6.06. The van der Waals surface area contributed by atoms with E-state index in [0.717, 1.165) is 40.8 Å². The van der Waals surface area contributed by atoms with Gasteiger partial charge in [-0.25, -0.2) is 5.43 Å². The number of hydrogen-bond acceptors (Lipinski definition) is 4. The van der Waals surface area contributed by atoms with Gasteiger partial charge >= 0.3 is 0 Å². The Kier molecular flexibility index (Phi) is 9.44. The van der Waals surface area contributed by atoms with Crippen LogP contribution in [0.2, 0.25) is 0 Å². The van der Waals surface area contributed by atoms with Gasteiger partial charge in [0.25, 0.3) is 11.8 Å². The summed E-state index contributed by atoms with van der Waals surface area (Å²) in [4.78, 5) is 28.6. The number of benzene rings is 4. The van der Waals surface area contributed by atoms with Gasteiger partial charge in [-0.3, -0.25) is 9.59 Å². The molecule has 0 unspecified atom stereocenters. The van der Waals surface area contributed by atoms with Crippen LogP contribution in [0.15, 0.2) is 126 Å². The summed E-state index contributed by atoms with van der Waals surface area (Å²) in [6.07, 6.45) is 5.32. The molecule has 0 saturated heterocycles. The molecule has 0 bridgehead atoms. The zero-order chi connectivity index (χ0) is 30.0. The Morgan fingerprint density at radius 3 is 2.16 bits per heavy atom. The van der Waals surface area contributed by atoms with E-state index < -0.39 is 5.91 Å². The molecule has 0 fully saturated rings. The number of hydrogen-bond donors (Lipinski definition) is 2. The molecule has 1 heterocycles. The van der Waals surface area contributed by atoms with Crippen molar-refractivity contribution in [1.29, 1.82) is 0 Å². The van der Waals surface area contributed by atoms with Gasteiger partial charge in [0.05, 0.1) is 6.21 Å². The van der Waals surface area contributed by atoms with E-state index in [0.29, 0.717) is 12.1 Å². The van der Waals surface area contributed by atoms with Gasteiger partial charge in [-0.05, 0) is 61.4 Å². The number of aromatic nitrogens is 1. The molecule has 0 aliphatic rings. The summed E-state index contributed by atoms with van der Waals surface area (Å²) in [6, 6.07) is 35.0. The lowest BCUT2D eigenvalue weighted by atomic mass is 10.1. The van der Waals surface area contributed by atoms with Crippen LogP contribution in [0.5, 0.6) is 0 Å². The van der Waals surface area contributed by atoms with Crippen molar-refractivity contribution in [2.45, 2.75) is 20.4 Å². The smallest absolute Gasteiger partial charge is 0.287 e. The Labute approximate surface area is 252 Å². The Balaban J connectivity index is 1.38. The Hall–Kier alpha value is -5.43. The maximum absolute atomic E-state index is 13.4. The SMILES string of the molecule is CCN(CC)c1ccc(/C=C(/NC(=O)c2ccccc2)C(=O)N/N=C\c2cn(Cc3ccccc3)c3ccccc23)cc1. The zero-order valence-corrected chi connectivity index (χ0v) is 24.4.